The molecule has 0 aliphatic carbocycles. The molecule has 0 saturated carbocycles. The van der Waals surface area contributed by atoms with E-state index in [-0.39, 0.29) is 6.04 Å². The van der Waals surface area contributed by atoms with Crippen LogP contribution in [0.1, 0.15) is 19.9 Å². The summed E-state index contributed by atoms with van der Waals surface area (Å²) in [6, 6.07) is 3.58. The highest BCUT2D eigenvalue weighted by Crippen LogP contribution is 2.34. The number of rotatable bonds is 2. The lowest BCUT2D eigenvalue weighted by atomic mass is 10.1. The van der Waals surface area contributed by atoms with Crippen molar-refractivity contribution in [2.75, 3.05) is 5.73 Å². The third-order valence-electron chi connectivity index (χ3n) is 2.46. The van der Waals surface area contributed by atoms with Gasteiger partial charge in [-0.05, 0) is 26.0 Å². The quantitative estimate of drug-likeness (QED) is 0.851. The molecule has 0 unspecified atom stereocenters. The zero-order valence-corrected chi connectivity index (χ0v) is 11.0. The number of halogens is 2. The summed E-state index contributed by atoms with van der Waals surface area (Å²) in [7, 11) is 0. The molecule has 17 heavy (non-hydrogen) atoms. The molecule has 90 valence electrons. The number of nitrogens with two attached hydrogens (primary N) is 1. The summed E-state index contributed by atoms with van der Waals surface area (Å²) in [5, 5.41) is 8.91. The van der Waals surface area contributed by atoms with E-state index in [2.05, 4.69) is 10.2 Å². The van der Waals surface area contributed by atoms with Crippen molar-refractivity contribution in [3.63, 3.8) is 0 Å². The van der Waals surface area contributed by atoms with E-state index in [0.717, 1.165) is 0 Å². The van der Waals surface area contributed by atoms with Crippen molar-refractivity contribution in [1.29, 1.82) is 0 Å². The fraction of sp³-hybridized carbons (Fsp3) is 0.273. The number of hydrogen-bond donors (Lipinski definition) is 1. The van der Waals surface area contributed by atoms with Crippen LogP contribution in [-0.2, 0) is 0 Å². The van der Waals surface area contributed by atoms with Crippen LogP contribution in [0, 0.1) is 0 Å². The fourth-order valence-electron chi connectivity index (χ4n) is 1.58. The summed E-state index contributed by atoms with van der Waals surface area (Å²) in [4.78, 5) is 0. The van der Waals surface area contributed by atoms with Gasteiger partial charge in [-0.3, -0.25) is 0 Å². The third kappa shape index (κ3) is 2.23. The molecule has 1 heterocycles. The summed E-state index contributed by atoms with van der Waals surface area (Å²) in [6.45, 7) is 4.07. The summed E-state index contributed by atoms with van der Waals surface area (Å²) >= 11 is 12.0. The average molecular weight is 271 g/mol. The first-order chi connectivity index (χ1) is 8.00. The Hall–Kier alpha value is -1.26. The van der Waals surface area contributed by atoms with Gasteiger partial charge in [0.25, 0.3) is 0 Å². The number of nitrogen functional groups attached to an aromatic ring is 1. The second kappa shape index (κ2) is 4.55. The van der Waals surface area contributed by atoms with Crippen LogP contribution in [0.25, 0.3) is 11.4 Å². The molecular formula is C11H12Cl2N4. The zero-order chi connectivity index (χ0) is 12.6. The van der Waals surface area contributed by atoms with Gasteiger partial charge in [-0.1, -0.05) is 23.2 Å². The Morgan fingerprint density at radius 2 is 2.00 bits per heavy atom. The van der Waals surface area contributed by atoms with E-state index in [1.807, 2.05) is 18.4 Å². The highest BCUT2D eigenvalue weighted by atomic mass is 35.5. The van der Waals surface area contributed by atoms with Crippen LogP contribution in [0.15, 0.2) is 18.5 Å². The molecule has 0 radical (unpaired) electrons. The predicted octanol–water partition coefficient (Wildman–Crippen LogP) is 3.42. The molecule has 0 atom stereocenters. The maximum absolute atomic E-state index is 6.00. The van der Waals surface area contributed by atoms with Gasteiger partial charge in [-0.2, -0.15) is 0 Å². The molecular weight excluding hydrogens is 259 g/mol. The van der Waals surface area contributed by atoms with E-state index in [9.17, 15) is 0 Å². The molecule has 4 nitrogen and oxygen atoms in total. The van der Waals surface area contributed by atoms with Gasteiger partial charge in [0.15, 0.2) is 5.82 Å². The van der Waals surface area contributed by atoms with Crippen LogP contribution >= 0.6 is 23.2 Å². The first-order valence-electron chi connectivity index (χ1n) is 5.15. The van der Waals surface area contributed by atoms with E-state index in [4.69, 9.17) is 28.9 Å². The molecule has 1 aromatic carbocycles. The van der Waals surface area contributed by atoms with Gasteiger partial charge in [0.05, 0.1) is 10.7 Å². The number of hydrogen-bond acceptors (Lipinski definition) is 3. The first kappa shape index (κ1) is 12.2. The Kier molecular flexibility index (Phi) is 3.26. The summed E-state index contributed by atoms with van der Waals surface area (Å²) in [6.07, 6.45) is 1.66. The van der Waals surface area contributed by atoms with Crippen LogP contribution in [-0.4, -0.2) is 14.8 Å². The molecule has 0 bridgehead atoms. The van der Waals surface area contributed by atoms with Gasteiger partial charge in [-0.25, -0.2) is 0 Å². The topological polar surface area (TPSA) is 56.7 Å². The smallest absolute Gasteiger partial charge is 0.166 e. The zero-order valence-electron chi connectivity index (χ0n) is 9.48. The monoisotopic (exact) mass is 270 g/mol. The highest BCUT2D eigenvalue weighted by Gasteiger charge is 2.15. The molecule has 0 amide bonds. The fourth-order valence-corrected chi connectivity index (χ4v) is 2.08. The molecule has 1 aromatic heterocycles. The van der Waals surface area contributed by atoms with E-state index in [1.54, 1.807) is 18.5 Å². The van der Waals surface area contributed by atoms with Crippen molar-refractivity contribution in [2.24, 2.45) is 0 Å². The summed E-state index contributed by atoms with van der Waals surface area (Å²) in [5.74, 6) is 0.668. The Labute approximate surface area is 109 Å². The molecule has 0 aliphatic heterocycles. The van der Waals surface area contributed by atoms with Crippen molar-refractivity contribution >= 4 is 28.9 Å². The number of aromatic nitrogens is 3. The summed E-state index contributed by atoms with van der Waals surface area (Å²) < 4.78 is 1.92. The van der Waals surface area contributed by atoms with E-state index in [1.165, 1.54) is 0 Å². The van der Waals surface area contributed by atoms with Crippen molar-refractivity contribution in [3.05, 3.63) is 28.5 Å². The number of nitrogens with zero attached hydrogens (tertiary/aromatic N) is 3. The minimum Gasteiger partial charge on any atom is -0.397 e. The highest BCUT2D eigenvalue weighted by molar-refractivity contribution is 6.37. The van der Waals surface area contributed by atoms with Crippen LogP contribution in [0.3, 0.4) is 0 Å². The van der Waals surface area contributed by atoms with Gasteiger partial charge < -0.3 is 10.3 Å². The van der Waals surface area contributed by atoms with E-state index < -0.39 is 0 Å². The van der Waals surface area contributed by atoms with Gasteiger partial charge in [-0.15, -0.1) is 10.2 Å². The standard InChI is InChI=1S/C11H12Cl2N4/c1-6(2)17-5-15-16-11(17)8-3-7(12)4-9(13)10(8)14/h3-6H,14H2,1-2H3. The Bertz CT molecular complexity index is 548. The Morgan fingerprint density at radius 1 is 1.29 bits per heavy atom. The van der Waals surface area contributed by atoms with Gasteiger partial charge in [0, 0.05) is 16.6 Å². The normalized spacial score (nSPS) is 11.1. The lowest BCUT2D eigenvalue weighted by Crippen LogP contribution is -2.03. The molecule has 0 saturated heterocycles. The minimum atomic E-state index is 0.233. The van der Waals surface area contributed by atoms with Crippen LogP contribution in [0.2, 0.25) is 10.0 Å². The molecule has 0 spiro atoms. The molecule has 6 heteroatoms. The third-order valence-corrected chi connectivity index (χ3v) is 3.00. The molecule has 0 fully saturated rings. The molecule has 0 aliphatic rings. The largest absolute Gasteiger partial charge is 0.397 e. The van der Waals surface area contributed by atoms with Crippen molar-refractivity contribution < 1.29 is 0 Å². The van der Waals surface area contributed by atoms with Gasteiger partial charge in [0.2, 0.25) is 0 Å². The first-order valence-corrected chi connectivity index (χ1v) is 5.90. The number of benzene rings is 1. The SMILES string of the molecule is CC(C)n1cnnc1-c1cc(Cl)cc(Cl)c1N. The molecule has 2 aromatic rings. The number of anilines is 1. The van der Waals surface area contributed by atoms with Crippen LogP contribution in [0.4, 0.5) is 5.69 Å². The minimum absolute atomic E-state index is 0.233. The van der Waals surface area contributed by atoms with Crippen molar-refractivity contribution in [1.82, 2.24) is 14.8 Å². The van der Waals surface area contributed by atoms with Crippen LogP contribution in [0.5, 0.6) is 0 Å². The molecule has 2 N–H and O–H groups in total. The lowest BCUT2D eigenvalue weighted by Gasteiger charge is -2.12. The van der Waals surface area contributed by atoms with Crippen LogP contribution < -0.4 is 5.73 Å². The maximum Gasteiger partial charge on any atom is 0.166 e. The summed E-state index contributed by atoms with van der Waals surface area (Å²) in [5.41, 5.74) is 7.11. The Morgan fingerprint density at radius 3 is 2.65 bits per heavy atom. The molecule has 2 rings (SSSR count). The van der Waals surface area contributed by atoms with Crippen molar-refractivity contribution in [3.8, 4) is 11.4 Å². The Balaban J connectivity index is 2.64. The maximum atomic E-state index is 6.00. The van der Waals surface area contributed by atoms with Gasteiger partial charge in [0.1, 0.15) is 6.33 Å². The average Bonchev–Trinajstić information content (AvgIpc) is 2.72. The lowest BCUT2D eigenvalue weighted by molar-refractivity contribution is 0.604. The van der Waals surface area contributed by atoms with E-state index in [0.29, 0.717) is 27.1 Å². The predicted molar refractivity (Wildman–Crippen MR) is 70.3 cm³/mol. The van der Waals surface area contributed by atoms with E-state index >= 15 is 0 Å². The second-order valence-electron chi connectivity index (χ2n) is 4.00. The van der Waals surface area contributed by atoms with Gasteiger partial charge >= 0.3 is 0 Å². The van der Waals surface area contributed by atoms with Crippen molar-refractivity contribution in [2.45, 2.75) is 19.9 Å². The second-order valence-corrected chi connectivity index (χ2v) is 4.85.